The Morgan fingerprint density at radius 3 is 2.83 bits per heavy atom. The maximum Gasteiger partial charge on any atom is 0.161 e. The highest BCUT2D eigenvalue weighted by Crippen LogP contribution is 2.41. The minimum absolute atomic E-state index is 0.147. The summed E-state index contributed by atoms with van der Waals surface area (Å²) >= 11 is 7.38. The molecule has 2 nitrogen and oxygen atoms in total. The highest BCUT2D eigenvalue weighted by atomic mass is 35.5. The van der Waals surface area contributed by atoms with Crippen LogP contribution in [0.4, 0.5) is 10.1 Å². The Labute approximate surface area is 115 Å². The summed E-state index contributed by atoms with van der Waals surface area (Å²) in [5, 5.41) is 4.22. The van der Waals surface area contributed by atoms with Crippen LogP contribution in [0.15, 0.2) is 23.2 Å². The fourth-order valence-electron chi connectivity index (χ4n) is 2.53. The predicted octanol–water partition coefficient (Wildman–Crippen LogP) is 4.31. The van der Waals surface area contributed by atoms with Crippen LogP contribution in [-0.4, -0.2) is 16.5 Å². The highest BCUT2D eigenvalue weighted by Gasteiger charge is 2.38. The molecule has 0 amide bonds. The summed E-state index contributed by atoms with van der Waals surface area (Å²) in [7, 11) is 0. The molecule has 1 aromatic carbocycles. The van der Waals surface area contributed by atoms with E-state index in [1.54, 1.807) is 23.9 Å². The fourth-order valence-corrected chi connectivity index (χ4v) is 3.86. The smallest absolute Gasteiger partial charge is 0.161 e. The maximum absolute atomic E-state index is 13.3. The first kappa shape index (κ1) is 12.3. The van der Waals surface area contributed by atoms with Gasteiger partial charge in [0.15, 0.2) is 5.17 Å². The number of halogens is 2. The van der Waals surface area contributed by atoms with Gasteiger partial charge in [0.05, 0.1) is 10.6 Å². The summed E-state index contributed by atoms with van der Waals surface area (Å²) in [6, 6.07) is 4.74. The number of hydrogen-bond acceptors (Lipinski definition) is 3. The average molecular weight is 285 g/mol. The summed E-state index contributed by atoms with van der Waals surface area (Å²) in [4.78, 5) is 4.78. The molecule has 0 unspecified atom stereocenters. The van der Waals surface area contributed by atoms with Gasteiger partial charge in [-0.3, -0.25) is 4.99 Å². The third-order valence-corrected chi connectivity index (χ3v) is 4.98. The number of anilines is 1. The second kappa shape index (κ2) is 4.74. The molecule has 0 bridgehead atoms. The Morgan fingerprint density at radius 2 is 2.11 bits per heavy atom. The van der Waals surface area contributed by atoms with Crippen LogP contribution in [0.25, 0.3) is 0 Å². The van der Waals surface area contributed by atoms with Gasteiger partial charge in [-0.25, -0.2) is 4.39 Å². The third kappa shape index (κ3) is 2.36. The first-order valence-corrected chi connectivity index (χ1v) is 7.48. The van der Waals surface area contributed by atoms with E-state index in [0.717, 1.165) is 10.9 Å². The molecule has 1 spiro atoms. The molecule has 0 radical (unpaired) electrons. The number of nitrogens with zero attached hydrogens (tertiary/aromatic N) is 1. The quantitative estimate of drug-likeness (QED) is 0.831. The van der Waals surface area contributed by atoms with Crippen LogP contribution in [0, 0.1) is 5.82 Å². The molecule has 1 aliphatic heterocycles. The molecule has 1 N–H and O–H groups in total. The molecule has 0 saturated heterocycles. The van der Waals surface area contributed by atoms with Gasteiger partial charge in [0, 0.05) is 11.4 Å². The second-order valence-electron chi connectivity index (χ2n) is 4.89. The van der Waals surface area contributed by atoms with Crippen molar-refractivity contribution in [1.29, 1.82) is 0 Å². The Hall–Kier alpha value is -0.740. The van der Waals surface area contributed by atoms with Crippen molar-refractivity contribution < 1.29 is 4.39 Å². The fraction of sp³-hybridized carbons (Fsp3) is 0.462. The van der Waals surface area contributed by atoms with Crippen molar-refractivity contribution in [3.8, 4) is 0 Å². The molecule has 0 atom stereocenters. The van der Waals surface area contributed by atoms with Crippen LogP contribution in [0.2, 0.25) is 5.02 Å². The molecule has 3 rings (SSSR count). The topological polar surface area (TPSA) is 24.4 Å². The lowest BCUT2D eigenvalue weighted by atomic mass is 10.0. The van der Waals surface area contributed by atoms with E-state index < -0.39 is 5.82 Å². The van der Waals surface area contributed by atoms with Crippen molar-refractivity contribution in [3.63, 3.8) is 0 Å². The lowest BCUT2D eigenvalue weighted by molar-refractivity contribution is 0.508. The molecule has 1 aromatic rings. The highest BCUT2D eigenvalue weighted by molar-refractivity contribution is 8.14. The van der Waals surface area contributed by atoms with Gasteiger partial charge in [-0.2, -0.15) is 0 Å². The standard InChI is InChI=1S/C13H14ClFN2S/c14-10-4-3-9(7-11(10)15)16-12-17-13(8-18-12)5-1-2-6-13/h3-4,7H,1-2,5-6,8H2,(H,16,17). The summed E-state index contributed by atoms with van der Waals surface area (Å²) in [6.45, 7) is 0. The van der Waals surface area contributed by atoms with Crippen LogP contribution in [0.1, 0.15) is 25.7 Å². The predicted molar refractivity (Wildman–Crippen MR) is 76.1 cm³/mol. The third-order valence-electron chi connectivity index (χ3n) is 3.52. The van der Waals surface area contributed by atoms with Gasteiger partial charge in [0.2, 0.25) is 0 Å². The van der Waals surface area contributed by atoms with Crippen molar-refractivity contribution in [2.75, 3.05) is 11.1 Å². The SMILES string of the molecule is Fc1cc(NC2=NC3(CCCC3)CS2)ccc1Cl. The van der Waals surface area contributed by atoms with Crippen molar-refractivity contribution in [1.82, 2.24) is 0 Å². The number of benzene rings is 1. The zero-order valence-corrected chi connectivity index (χ0v) is 11.5. The van der Waals surface area contributed by atoms with E-state index in [1.165, 1.54) is 31.7 Å². The maximum atomic E-state index is 13.3. The van der Waals surface area contributed by atoms with E-state index in [9.17, 15) is 4.39 Å². The number of amidine groups is 1. The second-order valence-corrected chi connectivity index (χ2v) is 6.26. The lowest BCUT2D eigenvalue weighted by Gasteiger charge is -2.16. The molecular weight excluding hydrogens is 271 g/mol. The van der Waals surface area contributed by atoms with Crippen molar-refractivity contribution in [3.05, 3.63) is 29.0 Å². The van der Waals surface area contributed by atoms with E-state index in [2.05, 4.69) is 5.32 Å². The number of hydrogen-bond donors (Lipinski definition) is 1. The van der Waals surface area contributed by atoms with Gasteiger partial charge in [-0.05, 0) is 31.0 Å². The van der Waals surface area contributed by atoms with Gasteiger partial charge in [-0.1, -0.05) is 36.2 Å². The van der Waals surface area contributed by atoms with E-state index in [-0.39, 0.29) is 10.6 Å². The Bertz CT molecular complexity index is 498. The monoisotopic (exact) mass is 284 g/mol. The summed E-state index contributed by atoms with van der Waals surface area (Å²) in [5.74, 6) is 0.645. The van der Waals surface area contributed by atoms with Gasteiger partial charge in [-0.15, -0.1) is 0 Å². The van der Waals surface area contributed by atoms with Crippen molar-refractivity contribution >= 4 is 34.2 Å². The Balaban J connectivity index is 1.75. The molecule has 1 fully saturated rings. The summed E-state index contributed by atoms with van der Waals surface area (Å²) in [6.07, 6.45) is 4.90. The van der Waals surface area contributed by atoms with Gasteiger partial charge in [0.25, 0.3) is 0 Å². The minimum Gasteiger partial charge on any atom is -0.335 e. The average Bonchev–Trinajstić information content (AvgIpc) is 2.96. The number of aliphatic imine (C=N–C) groups is 1. The summed E-state index contributed by atoms with van der Waals surface area (Å²) in [5.41, 5.74) is 0.857. The molecule has 1 heterocycles. The molecular formula is C13H14ClFN2S. The van der Waals surface area contributed by atoms with Gasteiger partial charge >= 0.3 is 0 Å². The normalized spacial score (nSPS) is 21.3. The molecule has 5 heteroatoms. The molecule has 2 aliphatic rings. The number of thioether (sulfide) groups is 1. The molecule has 1 saturated carbocycles. The Morgan fingerprint density at radius 1 is 1.33 bits per heavy atom. The lowest BCUT2D eigenvalue weighted by Crippen LogP contribution is -2.21. The first-order chi connectivity index (χ1) is 8.67. The first-order valence-electron chi connectivity index (χ1n) is 6.12. The minimum atomic E-state index is -0.402. The molecule has 96 valence electrons. The van der Waals surface area contributed by atoms with Crippen molar-refractivity contribution in [2.45, 2.75) is 31.2 Å². The summed E-state index contributed by atoms with van der Waals surface area (Å²) < 4.78 is 13.3. The Kier molecular flexibility index (Phi) is 3.24. The van der Waals surface area contributed by atoms with Gasteiger partial charge < -0.3 is 5.32 Å². The zero-order valence-electron chi connectivity index (χ0n) is 9.88. The largest absolute Gasteiger partial charge is 0.335 e. The van der Waals surface area contributed by atoms with E-state index >= 15 is 0 Å². The van der Waals surface area contributed by atoms with E-state index in [1.807, 2.05) is 0 Å². The zero-order chi connectivity index (χ0) is 12.6. The van der Waals surface area contributed by atoms with E-state index in [4.69, 9.17) is 16.6 Å². The van der Waals surface area contributed by atoms with Crippen molar-refractivity contribution in [2.24, 2.45) is 4.99 Å². The molecule has 1 aliphatic carbocycles. The molecule has 18 heavy (non-hydrogen) atoms. The van der Waals surface area contributed by atoms with Gasteiger partial charge in [0.1, 0.15) is 5.82 Å². The van der Waals surface area contributed by atoms with Crippen LogP contribution >= 0.6 is 23.4 Å². The number of rotatable bonds is 1. The van der Waals surface area contributed by atoms with E-state index in [0.29, 0.717) is 5.69 Å². The van der Waals surface area contributed by atoms with Crippen LogP contribution < -0.4 is 5.32 Å². The molecule has 0 aromatic heterocycles. The van der Waals surface area contributed by atoms with Crippen LogP contribution in [-0.2, 0) is 0 Å². The van der Waals surface area contributed by atoms with Crippen LogP contribution in [0.5, 0.6) is 0 Å². The number of nitrogens with one attached hydrogen (secondary N) is 1. The van der Waals surface area contributed by atoms with Crippen LogP contribution in [0.3, 0.4) is 0 Å².